The van der Waals surface area contributed by atoms with E-state index in [-0.39, 0.29) is 5.41 Å². The van der Waals surface area contributed by atoms with E-state index in [4.69, 9.17) is 15.2 Å². The molecule has 0 atom stereocenters. The summed E-state index contributed by atoms with van der Waals surface area (Å²) in [5.41, 5.74) is 7.27. The van der Waals surface area contributed by atoms with Gasteiger partial charge in [0.05, 0.1) is 12.8 Å². The van der Waals surface area contributed by atoms with Crippen molar-refractivity contribution < 1.29 is 9.47 Å². The highest BCUT2D eigenvalue weighted by Gasteiger charge is 2.21. The Morgan fingerprint density at radius 2 is 1.95 bits per heavy atom. The predicted octanol–water partition coefficient (Wildman–Crippen LogP) is 3.03. The molecule has 5 heteroatoms. The Labute approximate surface area is 125 Å². The number of ether oxygens (including phenoxy) is 2. The summed E-state index contributed by atoms with van der Waals surface area (Å²) in [4.78, 5) is 8.39. The lowest BCUT2D eigenvalue weighted by Crippen LogP contribution is -2.13. The first kappa shape index (κ1) is 15.3. The van der Waals surface area contributed by atoms with E-state index in [1.54, 1.807) is 19.4 Å². The predicted molar refractivity (Wildman–Crippen MR) is 81.7 cm³/mol. The van der Waals surface area contributed by atoms with E-state index in [0.29, 0.717) is 12.6 Å². The van der Waals surface area contributed by atoms with E-state index in [1.807, 2.05) is 18.2 Å². The van der Waals surface area contributed by atoms with Crippen molar-refractivity contribution in [1.82, 2.24) is 9.97 Å². The number of nitrogens with zero attached hydrogens (tertiary/aromatic N) is 2. The fourth-order valence-electron chi connectivity index (χ4n) is 1.95. The molecule has 0 unspecified atom stereocenters. The van der Waals surface area contributed by atoms with Gasteiger partial charge in [0, 0.05) is 18.3 Å². The minimum Gasteiger partial charge on any atom is -0.497 e. The summed E-state index contributed by atoms with van der Waals surface area (Å²) in [7, 11) is 1.65. The van der Waals surface area contributed by atoms with Crippen LogP contribution in [0.15, 0.2) is 30.5 Å². The van der Waals surface area contributed by atoms with Crippen molar-refractivity contribution in [3.05, 3.63) is 41.7 Å². The van der Waals surface area contributed by atoms with Gasteiger partial charge in [0.2, 0.25) is 0 Å². The summed E-state index contributed by atoms with van der Waals surface area (Å²) in [6, 6.07) is 7.77. The zero-order valence-corrected chi connectivity index (χ0v) is 12.9. The van der Waals surface area contributed by atoms with Crippen molar-refractivity contribution in [2.75, 3.05) is 7.11 Å². The van der Waals surface area contributed by atoms with Crippen LogP contribution in [0.25, 0.3) is 0 Å². The van der Waals surface area contributed by atoms with Gasteiger partial charge in [-0.25, -0.2) is 4.98 Å². The lowest BCUT2D eigenvalue weighted by Gasteiger charge is -2.22. The Kier molecular flexibility index (Phi) is 4.43. The molecule has 0 spiro atoms. The molecule has 0 aliphatic carbocycles. The second kappa shape index (κ2) is 6.10. The number of rotatable bonds is 4. The van der Waals surface area contributed by atoms with E-state index in [9.17, 15) is 0 Å². The SMILES string of the molecule is COc1ccc(Oc2nccc(CN)n2)c(C(C)(C)C)c1. The van der Waals surface area contributed by atoms with Crippen molar-refractivity contribution in [3.63, 3.8) is 0 Å². The zero-order chi connectivity index (χ0) is 15.5. The van der Waals surface area contributed by atoms with Gasteiger partial charge in [-0.15, -0.1) is 0 Å². The monoisotopic (exact) mass is 287 g/mol. The van der Waals surface area contributed by atoms with E-state index in [2.05, 4.69) is 30.7 Å². The molecule has 1 aromatic carbocycles. The lowest BCUT2D eigenvalue weighted by atomic mass is 9.86. The molecule has 0 aliphatic rings. The van der Waals surface area contributed by atoms with Gasteiger partial charge in [-0.2, -0.15) is 4.98 Å². The zero-order valence-electron chi connectivity index (χ0n) is 12.9. The first-order valence-corrected chi connectivity index (χ1v) is 6.82. The number of hydrogen-bond donors (Lipinski definition) is 1. The summed E-state index contributed by atoms with van der Waals surface area (Å²) in [5, 5.41) is 0. The van der Waals surface area contributed by atoms with Gasteiger partial charge in [-0.05, 0) is 29.7 Å². The number of benzene rings is 1. The fourth-order valence-corrected chi connectivity index (χ4v) is 1.95. The molecule has 1 heterocycles. The standard InChI is InChI=1S/C16H21N3O2/c1-16(2,3)13-9-12(20-4)5-6-14(13)21-15-18-8-7-11(10-17)19-15/h5-9H,10,17H2,1-4H3. The normalized spacial score (nSPS) is 11.3. The summed E-state index contributed by atoms with van der Waals surface area (Å²) in [6.07, 6.45) is 1.64. The third kappa shape index (κ3) is 3.70. The van der Waals surface area contributed by atoms with Crippen LogP contribution < -0.4 is 15.2 Å². The number of methoxy groups -OCH3 is 1. The lowest BCUT2D eigenvalue weighted by molar-refractivity contribution is 0.400. The van der Waals surface area contributed by atoms with Gasteiger partial charge < -0.3 is 15.2 Å². The fraction of sp³-hybridized carbons (Fsp3) is 0.375. The minimum atomic E-state index is -0.0879. The Balaban J connectivity index is 2.39. The molecule has 112 valence electrons. The van der Waals surface area contributed by atoms with Crippen molar-refractivity contribution in [3.8, 4) is 17.5 Å². The highest BCUT2D eigenvalue weighted by Crippen LogP contribution is 2.35. The molecule has 5 nitrogen and oxygen atoms in total. The molecule has 0 amide bonds. The topological polar surface area (TPSA) is 70.3 Å². The van der Waals surface area contributed by atoms with Crippen LogP contribution in [-0.2, 0) is 12.0 Å². The molecule has 2 aromatic rings. The minimum absolute atomic E-state index is 0.0879. The molecule has 0 radical (unpaired) electrons. The molecule has 0 fully saturated rings. The maximum Gasteiger partial charge on any atom is 0.322 e. The highest BCUT2D eigenvalue weighted by molar-refractivity contribution is 5.45. The van der Waals surface area contributed by atoms with Crippen molar-refractivity contribution >= 4 is 0 Å². The van der Waals surface area contributed by atoms with Gasteiger partial charge >= 0.3 is 6.01 Å². The van der Waals surface area contributed by atoms with Crippen molar-refractivity contribution in [2.45, 2.75) is 32.7 Å². The summed E-state index contributed by atoms with van der Waals surface area (Å²) in [6.45, 7) is 6.71. The Morgan fingerprint density at radius 1 is 1.19 bits per heavy atom. The molecule has 0 saturated heterocycles. The molecular weight excluding hydrogens is 266 g/mol. The molecular formula is C16H21N3O2. The third-order valence-corrected chi connectivity index (χ3v) is 3.10. The van der Waals surface area contributed by atoms with Crippen molar-refractivity contribution in [2.24, 2.45) is 5.73 Å². The maximum absolute atomic E-state index is 5.84. The summed E-state index contributed by atoms with van der Waals surface area (Å²) < 4.78 is 11.1. The van der Waals surface area contributed by atoms with Crippen LogP contribution in [0.1, 0.15) is 32.0 Å². The molecule has 1 aromatic heterocycles. The van der Waals surface area contributed by atoms with E-state index in [1.165, 1.54) is 0 Å². The maximum atomic E-state index is 5.84. The summed E-state index contributed by atoms with van der Waals surface area (Å²) in [5.74, 6) is 1.52. The Morgan fingerprint density at radius 3 is 2.57 bits per heavy atom. The average Bonchev–Trinajstić information content (AvgIpc) is 2.46. The van der Waals surface area contributed by atoms with Crippen LogP contribution in [0.5, 0.6) is 17.5 Å². The molecule has 2 rings (SSSR count). The largest absolute Gasteiger partial charge is 0.497 e. The number of nitrogens with two attached hydrogens (primary N) is 1. The second-order valence-corrected chi connectivity index (χ2v) is 5.75. The first-order chi connectivity index (χ1) is 9.94. The van der Waals surface area contributed by atoms with Crippen LogP contribution >= 0.6 is 0 Å². The van der Waals surface area contributed by atoms with E-state index in [0.717, 1.165) is 22.8 Å². The molecule has 0 bridgehead atoms. The smallest absolute Gasteiger partial charge is 0.322 e. The van der Waals surface area contributed by atoms with Crippen LogP contribution in [0.3, 0.4) is 0 Å². The molecule has 21 heavy (non-hydrogen) atoms. The second-order valence-electron chi connectivity index (χ2n) is 5.75. The van der Waals surface area contributed by atoms with Gasteiger partial charge in [0.15, 0.2) is 0 Å². The van der Waals surface area contributed by atoms with Crippen LogP contribution in [0.2, 0.25) is 0 Å². The van der Waals surface area contributed by atoms with Crippen LogP contribution in [0.4, 0.5) is 0 Å². The molecule has 0 saturated carbocycles. The Bertz CT molecular complexity index is 621. The van der Waals surface area contributed by atoms with E-state index >= 15 is 0 Å². The number of hydrogen-bond acceptors (Lipinski definition) is 5. The first-order valence-electron chi connectivity index (χ1n) is 6.82. The van der Waals surface area contributed by atoms with Crippen molar-refractivity contribution in [1.29, 1.82) is 0 Å². The molecule has 0 aliphatic heterocycles. The van der Waals surface area contributed by atoms with Gasteiger partial charge in [0.25, 0.3) is 0 Å². The summed E-state index contributed by atoms with van der Waals surface area (Å²) >= 11 is 0. The third-order valence-electron chi connectivity index (χ3n) is 3.10. The average molecular weight is 287 g/mol. The highest BCUT2D eigenvalue weighted by atomic mass is 16.5. The van der Waals surface area contributed by atoms with Gasteiger partial charge in [-0.3, -0.25) is 0 Å². The Hall–Kier alpha value is -2.14. The van der Waals surface area contributed by atoms with Crippen LogP contribution in [-0.4, -0.2) is 17.1 Å². The van der Waals surface area contributed by atoms with Gasteiger partial charge in [0.1, 0.15) is 11.5 Å². The van der Waals surface area contributed by atoms with E-state index < -0.39 is 0 Å². The molecule has 2 N–H and O–H groups in total. The quantitative estimate of drug-likeness (QED) is 0.936. The number of aromatic nitrogens is 2. The van der Waals surface area contributed by atoms with Gasteiger partial charge in [-0.1, -0.05) is 20.8 Å². The van der Waals surface area contributed by atoms with Crippen LogP contribution in [0, 0.1) is 0 Å².